The van der Waals surface area contributed by atoms with Crippen LogP contribution in [0.25, 0.3) is 0 Å². The van der Waals surface area contributed by atoms with Crippen LogP contribution in [0.5, 0.6) is 5.75 Å². The molecule has 0 saturated heterocycles. The summed E-state index contributed by atoms with van der Waals surface area (Å²) in [7, 11) is 0. The van der Waals surface area contributed by atoms with E-state index in [0.29, 0.717) is 10.9 Å². The normalized spacial score (nSPS) is 14.2. The third kappa shape index (κ3) is 4.20. The molecule has 2 atom stereocenters. The Kier molecular flexibility index (Phi) is 6.00. The van der Waals surface area contributed by atoms with Gasteiger partial charge in [0.2, 0.25) is 0 Å². The molecule has 0 saturated carbocycles. The van der Waals surface area contributed by atoms with E-state index in [1.807, 2.05) is 0 Å². The predicted octanol–water partition coefficient (Wildman–Crippen LogP) is 4.36. The fourth-order valence-corrected chi connectivity index (χ4v) is 2.49. The van der Waals surface area contributed by atoms with Gasteiger partial charge in [-0.15, -0.1) is 0 Å². The fourth-order valence-electron chi connectivity index (χ4n) is 2.29. The molecular formula is C17H27NOS. The topological polar surface area (TPSA) is 35.2 Å². The Hall–Kier alpha value is -1.09. The highest BCUT2D eigenvalue weighted by Crippen LogP contribution is 2.35. The Morgan fingerprint density at radius 3 is 2.30 bits per heavy atom. The van der Waals surface area contributed by atoms with E-state index in [1.54, 1.807) is 0 Å². The summed E-state index contributed by atoms with van der Waals surface area (Å²) in [5, 5.41) is 0. The molecule has 0 radical (unpaired) electrons. The average Bonchev–Trinajstić information content (AvgIpc) is 2.34. The van der Waals surface area contributed by atoms with Crippen molar-refractivity contribution in [2.24, 2.45) is 17.6 Å². The number of thiocarbonyl (C=S) groups is 1. The Bertz CT molecular complexity index is 482. The highest BCUT2D eigenvalue weighted by Gasteiger charge is 2.22. The Balaban J connectivity index is 3.18. The van der Waals surface area contributed by atoms with Gasteiger partial charge in [-0.2, -0.15) is 0 Å². The van der Waals surface area contributed by atoms with Gasteiger partial charge in [-0.3, -0.25) is 0 Å². The number of rotatable bonds is 6. The summed E-state index contributed by atoms with van der Waals surface area (Å²) in [6, 6.07) is 4.36. The van der Waals surface area contributed by atoms with E-state index in [2.05, 4.69) is 53.7 Å². The van der Waals surface area contributed by atoms with Crippen molar-refractivity contribution in [1.82, 2.24) is 0 Å². The van der Waals surface area contributed by atoms with Crippen LogP contribution < -0.4 is 10.5 Å². The standard InChI is InChI=1S/C17H27NOS/c1-10(2)9-19-16-12(4)7-11(3)8-15(16)13(5)14(6)17(18)20/h7-8,10,13-14H,9H2,1-6H3,(H2,18,20). The summed E-state index contributed by atoms with van der Waals surface area (Å²) in [5.41, 5.74) is 9.45. The van der Waals surface area contributed by atoms with Crippen LogP contribution in [0.4, 0.5) is 0 Å². The molecule has 0 amide bonds. The number of nitrogens with two attached hydrogens (primary N) is 1. The first-order chi connectivity index (χ1) is 9.23. The lowest BCUT2D eigenvalue weighted by Crippen LogP contribution is -2.24. The summed E-state index contributed by atoms with van der Waals surface area (Å²) in [5.74, 6) is 1.92. The van der Waals surface area contributed by atoms with E-state index in [-0.39, 0.29) is 11.8 Å². The van der Waals surface area contributed by atoms with Gasteiger partial charge in [-0.05, 0) is 36.8 Å². The van der Waals surface area contributed by atoms with Gasteiger partial charge >= 0.3 is 0 Å². The predicted molar refractivity (Wildman–Crippen MR) is 90.6 cm³/mol. The van der Waals surface area contributed by atoms with Crippen LogP contribution in [-0.2, 0) is 0 Å². The highest BCUT2D eigenvalue weighted by molar-refractivity contribution is 7.80. The quantitative estimate of drug-likeness (QED) is 0.791. The third-order valence-corrected chi connectivity index (χ3v) is 4.07. The number of aryl methyl sites for hydroxylation is 2. The zero-order valence-electron chi connectivity index (χ0n) is 13.5. The molecule has 0 aliphatic carbocycles. The fraction of sp³-hybridized carbons (Fsp3) is 0.588. The molecule has 1 aromatic rings. The van der Waals surface area contributed by atoms with Crippen LogP contribution in [0.3, 0.4) is 0 Å². The number of benzene rings is 1. The highest BCUT2D eigenvalue weighted by atomic mass is 32.1. The van der Waals surface area contributed by atoms with Crippen molar-refractivity contribution < 1.29 is 4.74 Å². The minimum absolute atomic E-state index is 0.160. The summed E-state index contributed by atoms with van der Waals surface area (Å²) in [4.78, 5) is 0.562. The van der Waals surface area contributed by atoms with Gasteiger partial charge in [-0.1, -0.05) is 57.6 Å². The summed E-state index contributed by atoms with van der Waals surface area (Å²) < 4.78 is 6.05. The van der Waals surface area contributed by atoms with Crippen molar-refractivity contribution in [2.45, 2.75) is 47.5 Å². The number of ether oxygens (including phenoxy) is 1. The molecule has 0 spiro atoms. The Labute approximate surface area is 128 Å². The summed E-state index contributed by atoms with van der Waals surface area (Å²) in [6.07, 6.45) is 0. The van der Waals surface area contributed by atoms with Gasteiger partial charge in [0.15, 0.2) is 0 Å². The lowest BCUT2D eigenvalue weighted by molar-refractivity contribution is 0.265. The second-order valence-electron chi connectivity index (χ2n) is 6.18. The Morgan fingerprint density at radius 1 is 1.20 bits per heavy atom. The van der Waals surface area contributed by atoms with E-state index < -0.39 is 0 Å². The van der Waals surface area contributed by atoms with Crippen molar-refractivity contribution in [3.8, 4) is 5.75 Å². The monoisotopic (exact) mass is 293 g/mol. The molecule has 0 aliphatic rings. The maximum atomic E-state index is 6.05. The molecule has 112 valence electrons. The number of hydrogen-bond acceptors (Lipinski definition) is 2. The van der Waals surface area contributed by atoms with E-state index in [0.717, 1.165) is 12.4 Å². The van der Waals surface area contributed by atoms with Gasteiger partial charge in [0.1, 0.15) is 5.75 Å². The first kappa shape index (κ1) is 17.0. The number of hydrogen-bond donors (Lipinski definition) is 1. The molecule has 0 aromatic heterocycles. The molecule has 1 aromatic carbocycles. The molecule has 2 unspecified atom stereocenters. The van der Waals surface area contributed by atoms with Gasteiger partial charge in [0.05, 0.1) is 11.6 Å². The Morgan fingerprint density at radius 2 is 1.80 bits per heavy atom. The van der Waals surface area contributed by atoms with Crippen LogP contribution in [0, 0.1) is 25.7 Å². The first-order valence-corrected chi connectivity index (χ1v) is 7.68. The molecular weight excluding hydrogens is 266 g/mol. The van der Waals surface area contributed by atoms with Crippen molar-refractivity contribution in [3.63, 3.8) is 0 Å². The lowest BCUT2D eigenvalue weighted by atomic mass is 9.86. The van der Waals surface area contributed by atoms with Crippen molar-refractivity contribution in [3.05, 3.63) is 28.8 Å². The molecule has 3 heteroatoms. The SMILES string of the molecule is Cc1cc(C)c(OCC(C)C)c(C(C)C(C)C(N)=S)c1. The minimum atomic E-state index is 0.160. The van der Waals surface area contributed by atoms with Crippen LogP contribution in [-0.4, -0.2) is 11.6 Å². The van der Waals surface area contributed by atoms with Crippen LogP contribution in [0.15, 0.2) is 12.1 Å². The summed E-state index contributed by atoms with van der Waals surface area (Å²) in [6.45, 7) is 13.5. The van der Waals surface area contributed by atoms with Crippen LogP contribution in [0.1, 0.15) is 50.3 Å². The van der Waals surface area contributed by atoms with Crippen molar-refractivity contribution in [2.75, 3.05) is 6.61 Å². The third-order valence-electron chi connectivity index (χ3n) is 3.70. The van der Waals surface area contributed by atoms with Crippen molar-refractivity contribution >= 4 is 17.2 Å². The van der Waals surface area contributed by atoms with Crippen LogP contribution in [0.2, 0.25) is 0 Å². The molecule has 0 fully saturated rings. The summed E-state index contributed by atoms with van der Waals surface area (Å²) >= 11 is 5.15. The van der Waals surface area contributed by atoms with E-state index in [1.165, 1.54) is 16.7 Å². The maximum absolute atomic E-state index is 6.05. The molecule has 0 aliphatic heterocycles. The van der Waals surface area contributed by atoms with Gasteiger partial charge in [0, 0.05) is 5.92 Å². The minimum Gasteiger partial charge on any atom is -0.493 e. The zero-order chi connectivity index (χ0) is 15.4. The molecule has 2 N–H and O–H groups in total. The smallest absolute Gasteiger partial charge is 0.125 e. The molecule has 1 rings (SSSR count). The molecule has 0 bridgehead atoms. The van der Waals surface area contributed by atoms with Gasteiger partial charge in [-0.25, -0.2) is 0 Å². The molecule has 20 heavy (non-hydrogen) atoms. The maximum Gasteiger partial charge on any atom is 0.125 e. The van der Waals surface area contributed by atoms with Crippen LogP contribution >= 0.6 is 12.2 Å². The zero-order valence-corrected chi connectivity index (χ0v) is 14.3. The van der Waals surface area contributed by atoms with Gasteiger partial charge in [0.25, 0.3) is 0 Å². The first-order valence-electron chi connectivity index (χ1n) is 7.27. The largest absolute Gasteiger partial charge is 0.493 e. The average molecular weight is 293 g/mol. The molecule has 2 nitrogen and oxygen atoms in total. The second-order valence-corrected chi connectivity index (χ2v) is 6.66. The van der Waals surface area contributed by atoms with E-state index in [9.17, 15) is 0 Å². The van der Waals surface area contributed by atoms with Gasteiger partial charge < -0.3 is 10.5 Å². The lowest BCUT2D eigenvalue weighted by Gasteiger charge is -2.24. The van der Waals surface area contributed by atoms with Crippen molar-refractivity contribution in [1.29, 1.82) is 0 Å². The van der Waals surface area contributed by atoms with E-state index >= 15 is 0 Å². The second kappa shape index (κ2) is 7.07. The molecule has 0 heterocycles. The van der Waals surface area contributed by atoms with E-state index in [4.69, 9.17) is 22.7 Å².